The van der Waals surface area contributed by atoms with E-state index in [4.69, 9.17) is 0 Å². The average molecular weight is 324 g/mol. The van der Waals surface area contributed by atoms with Crippen LogP contribution in [0.1, 0.15) is 47.3 Å². The van der Waals surface area contributed by atoms with E-state index < -0.39 is 0 Å². The van der Waals surface area contributed by atoms with E-state index in [9.17, 15) is 4.79 Å². The number of nitrogens with zero attached hydrogens (tertiary/aromatic N) is 3. The second-order valence-electron chi connectivity index (χ2n) is 6.42. The quantitative estimate of drug-likeness (QED) is 0.934. The van der Waals surface area contributed by atoms with E-state index in [0.29, 0.717) is 11.6 Å². The Bertz CT molecular complexity index is 721. The van der Waals surface area contributed by atoms with E-state index in [-0.39, 0.29) is 5.91 Å². The van der Waals surface area contributed by atoms with Gasteiger partial charge in [-0.15, -0.1) is 0 Å². The molecule has 24 heavy (non-hydrogen) atoms. The summed E-state index contributed by atoms with van der Waals surface area (Å²) in [5.74, 6) is 0.465. The smallest absolute Gasteiger partial charge is 0.274 e. The lowest BCUT2D eigenvalue weighted by atomic mass is 10.1. The minimum Gasteiger partial charge on any atom is -0.341 e. The first-order valence-electron chi connectivity index (χ1n) is 8.60. The van der Waals surface area contributed by atoms with Crippen LogP contribution in [-0.4, -0.2) is 29.0 Å². The molecule has 0 aliphatic carbocycles. The van der Waals surface area contributed by atoms with Gasteiger partial charge in [0.2, 0.25) is 5.95 Å². The molecule has 1 amide bonds. The molecule has 2 heterocycles. The molecule has 0 saturated carbocycles. The number of hydrogen-bond donors (Lipinski definition) is 1. The third kappa shape index (κ3) is 3.91. The van der Waals surface area contributed by atoms with Crippen LogP contribution in [0.4, 0.5) is 11.6 Å². The van der Waals surface area contributed by atoms with E-state index in [0.717, 1.165) is 42.7 Å². The second-order valence-corrected chi connectivity index (χ2v) is 6.42. The Hall–Kier alpha value is -2.43. The molecule has 1 aliphatic rings. The molecule has 0 unspecified atom stereocenters. The van der Waals surface area contributed by atoms with E-state index in [1.54, 1.807) is 12.3 Å². The fourth-order valence-electron chi connectivity index (χ4n) is 2.95. The first-order valence-corrected chi connectivity index (χ1v) is 8.60. The van der Waals surface area contributed by atoms with Crippen LogP contribution in [-0.2, 0) is 0 Å². The molecule has 0 radical (unpaired) electrons. The monoisotopic (exact) mass is 324 g/mol. The maximum absolute atomic E-state index is 12.6. The van der Waals surface area contributed by atoms with Crippen molar-refractivity contribution in [1.29, 1.82) is 0 Å². The van der Waals surface area contributed by atoms with Gasteiger partial charge in [0.05, 0.1) is 0 Å². The normalized spacial score (nSPS) is 15.0. The number of nitrogens with one attached hydrogen (secondary N) is 1. The summed E-state index contributed by atoms with van der Waals surface area (Å²) in [5, 5.41) is 2.96. The fourth-order valence-corrected chi connectivity index (χ4v) is 2.95. The van der Waals surface area contributed by atoms with Gasteiger partial charge in [0, 0.05) is 25.0 Å². The molecule has 1 aromatic carbocycles. The van der Waals surface area contributed by atoms with Gasteiger partial charge in [0.25, 0.3) is 5.91 Å². The van der Waals surface area contributed by atoms with Gasteiger partial charge >= 0.3 is 0 Å². The van der Waals surface area contributed by atoms with Crippen LogP contribution >= 0.6 is 0 Å². The number of amides is 1. The number of benzene rings is 1. The molecular weight excluding hydrogens is 300 g/mol. The van der Waals surface area contributed by atoms with Crippen LogP contribution in [0.2, 0.25) is 0 Å². The molecule has 126 valence electrons. The van der Waals surface area contributed by atoms with Gasteiger partial charge in [0.15, 0.2) is 0 Å². The molecule has 5 heteroatoms. The summed E-state index contributed by atoms with van der Waals surface area (Å²) in [6, 6.07) is 7.69. The molecule has 3 rings (SSSR count). The van der Waals surface area contributed by atoms with Crippen LogP contribution in [0.15, 0.2) is 30.5 Å². The number of hydrogen-bond acceptors (Lipinski definition) is 4. The second kappa shape index (κ2) is 7.43. The van der Waals surface area contributed by atoms with E-state index in [1.807, 2.05) is 32.0 Å². The Morgan fingerprint density at radius 3 is 2.58 bits per heavy atom. The Balaban J connectivity index is 1.77. The highest BCUT2D eigenvalue weighted by molar-refractivity contribution is 6.03. The Morgan fingerprint density at radius 1 is 1.08 bits per heavy atom. The molecule has 1 fully saturated rings. The minimum atomic E-state index is -0.192. The first-order chi connectivity index (χ1) is 11.6. The predicted octanol–water partition coefficient (Wildman–Crippen LogP) is 3.73. The summed E-state index contributed by atoms with van der Waals surface area (Å²) in [7, 11) is 0. The topological polar surface area (TPSA) is 58.1 Å². The standard InChI is InChI=1S/C19H24N4O/c1-14-7-8-15(2)17(13-14)21-18(24)16-9-10-20-19(22-16)23-11-5-3-4-6-12-23/h7-10,13H,3-6,11-12H2,1-2H3,(H,21,24). The Labute approximate surface area is 143 Å². The van der Waals surface area contributed by atoms with Gasteiger partial charge in [-0.1, -0.05) is 25.0 Å². The van der Waals surface area contributed by atoms with Gasteiger partial charge in [-0.3, -0.25) is 4.79 Å². The predicted molar refractivity (Wildman–Crippen MR) is 96.6 cm³/mol. The average Bonchev–Trinajstić information content (AvgIpc) is 2.87. The summed E-state index contributed by atoms with van der Waals surface area (Å²) >= 11 is 0. The van der Waals surface area contributed by atoms with Crippen molar-refractivity contribution >= 4 is 17.5 Å². The number of rotatable bonds is 3. The summed E-state index contributed by atoms with van der Waals surface area (Å²) < 4.78 is 0. The number of anilines is 2. The number of aromatic nitrogens is 2. The maximum Gasteiger partial charge on any atom is 0.274 e. The van der Waals surface area contributed by atoms with Crippen molar-refractivity contribution in [2.45, 2.75) is 39.5 Å². The van der Waals surface area contributed by atoms with Crippen LogP contribution in [0.25, 0.3) is 0 Å². The lowest BCUT2D eigenvalue weighted by Gasteiger charge is -2.20. The Morgan fingerprint density at radius 2 is 1.83 bits per heavy atom. The third-order valence-corrected chi connectivity index (χ3v) is 4.41. The highest BCUT2D eigenvalue weighted by atomic mass is 16.1. The van der Waals surface area contributed by atoms with Crippen molar-refractivity contribution in [2.24, 2.45) is 0 Å². The highest BCUT2D eigenvalue weighted by Crippen LogP contribution is 2.18. The van der Waals surface area contributed by atoms with Crippen molar-refractivity contribution in [1.82, 2.24) is 9.97 Å². The molecule has 0 atom stereocenters. The number of aryl methyl sites for hydroxylation is 2. The fraction of sp³-hybridized carbons (Fsp3) is 0.421. The lowest BCUT2D eigenvalue weighted by Crippen LogP contribution is -2.27. The van der Waals surface area contributed by atoms with Crippen molar-refractivity contribution in [2.75, 3.05) is 23.3 Å². The summed E-state index contributed by atoms with van der Waals surface area (Å²) in [4.78, 5) is 23.6. The van der Waals surface area contributed by atoms with Crippen molar-refractivity contribution in [3.8, 4) is 0 Å². The molecule has 1 aliphatic heterocycles. The van der Waals surface area contributed by atoms with Gasteiger partial charge < -0.3 is 10.2 Å². The zero-order valence-corrected chi connectivity index (χ0v) is 14.4. The zero-order chi connectivity index (χ0) is 16.9. The maximum atomic E-state index is 12.6. The third-order valence-electron chi connectivity index (χ3n) is 4.41. The highest BCUT2D eigenvalue weighted by Gasteiger charge is 2.15. The number of carbonyl (C=O) groups excluding carboxylic acids is 1. The summed E-state index contributed by atoms with van der Waals surface area (Å²) in [6.45, 7) is 5.92. The molecule has 0 bridgehead atoms. The lowest BCUT2D eigenvalue weighted by molar-refractivity contribution is 0.102. The largest absolute Gasteiger partial charge is 0.341 e. The molecule has 1 saturated heterocycles. The van der Waals surface area contributed by atoms with Crippen molar-refractivity contribution < 1.29 is 4.79 Å². The van der Waals surface area contributed by atoms with Crippen LogP contribution in [0, 0.1) is 13.8 Å². The summed E-state index contributed by atoms with van der Waals surface area (Å²) in [5.41, 5.74) is 3.39. The molecule has 1 aromatic heterocycles. The molecule has 5 nitrogen and oxygen atoms in total. The minimum absolute atomic E-state index is 0.192. The van der Waals surface area contributed by atoms with E-state index >= 15 is 0 Å². The molecule has 0 spiro atoms. The summed E-state index contributed by atoms with van der Waals surface area (Å²) in [6.07, 6.45) is 6.49. The van der Waals surface area contributed by atoms with Crippen LogP contribution in [0.5, 0.6) is 0 Å². The van der Waals surface area contributed by atoms with Crippen molar-refractivity contribution in [3.05, 3.63) is 47.3 Å². The van der Waals surface area contributed by atoms with Crippen LogP contribution in [0.3, 0.4) is 0 Å². The molecule has 2 aromatic rings. The van der Waals surface area contributed by atoms with Crippen molar-refractivity contribution in [3.63, 3.8) is 0 Å². The van der Waals surface area contributed by atoms with E-state index in [1.165, 1.54) is 12.8 Å². The van der Waals surface area contributed by atoms with Gasteiger partial charge in [-0.25, -0.2) is 9.97 Å². The molecule has 1 N–H and O–H groups in total. The van der Waals surface area contributed by atoms with Crippen LogP contribution < -0.4 is 10.2 Å². The number of carbonyl (C=O) groups is 1. The molecular formula is C19H24N4O. The SMILES string of the molecule is Cc1ccc(C)c(NC(=O)c2ccnc(N3CCCCCC3)n2)c1. The Kier molecular flexibility index (Phi) is 5.08. The zero-order valence-electron chi connectivity index (χ0n) is 14.4. The van der Waals surface area contributed by atoms with Gasteiger partial charge in [-0.05, 0) is 49.9 Å². The first kappa shape index (κ1) is 16.4. The van der Waals surface area contributed by atoms with Gasteiger partial charge in [0.1, 0.15) is 5.69 Å². The van der Waals surface area contributed by atoms with E-state index in [2.05, 4.69) is 20.2 Å². The van der Waals surface area contributed by atoms with Gasteiger partial charge in [-0.2, -0.15) is 0 Å².